The van der Waals surface area contributed by atoms with Crippen LogP contribution in [0.25, 0.3) is 0 Å². The average Bonchev–Trinajstić information content (AvgIpc) is 2.51. The Morgan fingerprint density at radius 2 is 1.43 bits per heavy atom. The number of phenolic OH excluding ortho intramolecular Hbond substituents is 1. The fraction of sp³-hybridized carbons (Fsp3) is 0.632. The molecule has 0 aliphatic carbocycles. The molecule has 1 unspecified atom stereocenters. The first-order valence-electron chi connectivity index (χ1n) is 8.52. The molecule has 0 saturated heterocycles. The van der Waals surface area contributed by atoms with Crippen LogP contribution in [0.5, 0.6) is 5.75 Å². The van der Waals surface area contributed by atoms with Gasteiger partial charge < -0.3 is 9.90 Å². The van der Waals surface area contributed by atoms with Crippen molar-refractivity contribution < 1.29 is 9.90 Å². The molecule has 2 nitrogen and oxygen atoms in total. The van der Waals surface area contributed by atoms with Crippen molar-refractivity contribution in [1.82, 2.24) is 0 Å². The molecule has 0 bridgehead atoms. The number of carbonyl (C=O) groups excluding carboxylic acids is 1. The summed E-state index contributed by atoms with van der Waals surface area (Å²) >= 11 is 0. The van der Waals surface area contributed by atoms with E-state index >= 15 is 0 Å². The Hall–Kier alpha value is -1.31. The predicted octanol–water partition coefficient (Wildman–Crippen LogP) is 5.60. The summed E-state index contributed by atoms with van der Waals surface area (Å²) in [4.78, 5) is 11.2. The van der Waals surface area contributed by atoms with E-state index in [-0.39, 0.29) is 11.7 Å². The second kappa shape index (κ2) is 11.4. The Kier molecular flexibility index (Phi) is 9.60. The molecule has 1 aromatic carbocycles. The number of rotatable bonds is 12. The second-order valence-electron chi connectivity index (χ2n) is 5.95. The molecule has 2 heteroatoms. The summed E-state index contributed by atoms with van der Waals surface area (Å²) in [5.74, 6) is 0.238. The van der Waals surface area contributed by atoms with Crippen LogP contribution >= 0.6 is 0 Å². The van der Waals surface area contributed by atoms with Gasteiger partial charge in [-0.15, -0.1) is 0 Å². The summed E-state index contributed by atoms with van der Waals surface area (Å²) in [6.45, 7) is 2.25. The van der Waals surface area contributed by atoms with Crippen molar-refractivity contribution in [2.45, 2.75) is 77.0 Å². The highest BCUT2D eigenvalue weighted by atomic mass is 16.3. The maximum Gasteiger partial charge on any atom is 0.127 e. The van der Waals surface area contributed by atoms with Crippen molar-refractivity contribution in [3.05, 3.63) is 29.8 Å². The molecule has 0 saturated carbocycles. The van der Waals surface area contributed by atoms with Crippen LogP contribution in [0.4, 0.5) is 0 Å². The zero-order valence-corrected chi connectivity index (χ0v) is 13.4. The lowest BCUT2D eigenvalue weighted by atomic mass is 9.94. The largest absolute Gasteiger partial charge is 0.508 e. The second-order valence-corrected chi connectivity index (χ2v) is 5.95. The van der Waals surface area contributed by atoms with Gasteiger partial charge in [0.2, 0.25) is 0 Å². The lowest BCUT2D eigenvalue weighted by molar-refractivity contribution is -0.109. The molecule has 1 N–H and O–H groups in total. The van der Waals surface area contributed by atoms with Crippen LogP contribution in [0.2, 0.25) is 0 Å². The quantitative estimate of drug-likeness (QED) is 0.402. The van der Waals surface area contributed by atoms with Crippen LogP contribution in [0.1, 0.15) is 82.6 Å². The third-order valence-electron chi connectivity index (χ3n) is 4.10. The summed E-state index contributed by atoms with van der Waals surface area (Å²) in [6, 6.07) is 7.01. The average molecular weight is 290 g/mol. The van der Waals surface area contributed by atoms with Crippen molar-refractivity contribution in [3.8, 4) is 5.75 Å². The highest BCUT2D eigenvalue weighted by Gasteiger charge is 2.09. The van der Waals surface area contributed by atoms with E-state index in [1.807, 2.05) is 12.1 Å². The first-order chi connectivity index (χ1) is 10.3. The molecule has 0 fully saturated rings. The predicted molar refractivity (Wildman–Crippen MR) is 88.8 cm³/mol. The van der Waals surface area contributed by atoms with E-state index in [9.17, 15) is 9.90 Å². The third-order valence-corrected chi connectivity index (χ3v) is 4.10. The Morgan fingerprint density at radius 1 is 0.905 bits per heavy atom. The molecule has 0 amide bonds. The molecule has 0 heterocycles. The molecule has 1 atom stereocenters. The van der Waals surface area contributed by atoms with Gasteiger partial charge in [-0.05, 0) is 24.1 Å². The first kappa shape index (κ1) is 17.7. The molecule has 118 valence electrons. The Morgan fingerprint density at radius 3 is 1.95 bits per heavy atom. The van der Waals surface area contributed by atoms with Gasteiger partial charge in [0.15, 0.2) is 0 Å². The number of carbonyl (C=O) groups is 1. The normalized spacial score (nSPS) is 12.2. The van der Waals surface area contributed by atoms with Crippen molar-refractivity contribution in [3.63, 3.8) is 0 Å². The van der Waals surface area contributed by atoms with Gasteiger partial charge in [-0.1, -0.05) is 76.8 Å². The van der Waals surface area contributed by atoms with Crippen LogP contribution in [-0.4, -0.2) is 11.4 Å². The fourth-order valence-corrected chi connectivity index (χ4v) is 2.71. The van der Waals surface area contributed by atoms with Gasteiger partial charge in [-0.25, -0.2) is 0 Å². The van der Waals surface area contributed by atoms with Gasteiger partial charge in [0.1, 0.15) is 12.0 Å². The van der Waals surface area contributed by atoms with Gasteiger partial charge in [0.25, 0.3) is 0 Å². The van der Waals surface area contributed by atoms with E-state index in [2.05, 4.69) is 6.92 Å². The highest BCUT2D eigenvalue weighted by molar-refractivity contribution is 5.62. The molecule has 1 aromatic rings. The van der Waals surface area contributed by atoms with Gasteiger partial charge in [0.05, 0.1) is 0 Å². The summed E-state index contributed by atoms with van der Waals surface area (Å²) < 4.78 is 0. The molecule has 0 spiro atoms. The molecule has 21 heavy (non-hydrogen) atoms. The van der Waals surface area contributed by atoms with Gasteiger partial charge in [-0.3, -0.25) is 0 Å². The zero-order chi connectivity index (χ0) is 15.3. The molecular weight excluding hydrogens is 260 g/mol. The Labute approximate surface area is 129 Å². The Balaban J connectivity index is 2.10. The number of aromatic hydroxyl groups is 1. The topological polar surface area (TPSA) is 37.3 Å². The van der Waals surface area contributed by atoms with E-state index in [4.69, 9.17) is 0 Å². The third kappa shape index (κ3) is 7.89. The smallest absolute Gasteiger partial charge is 0.127 e. The highest BCUT2D eigenvalue weighted by Crippen LogP contribution is 2.23. The molecule has 0 radical (unpaired) electrons. The first-order valence-corrected chi connectivity index (χ1v) is 8.52. The van der Waals surface area contributed by atoms with Crippen molar-refractivity contribution >= 4 is 6.29 Å². The Bertz CT molecular complexity index is 370. The van der Waals surface area contributed by atoms with E-state index in [1.165, 1.54) is 51.4 Å². The number of hydrogen-bond donors (Lipinski definition) is 1. The van der Waals surface area contributed by atoms with Gasteiger partial charge in [-0.2, -0.15) is 0 Å². The van der Waals surface area contributed by atoms with E-state index in [0.717, 1.165) is 24.7 Å². The maximum atomic E-state index is 11.2. The van der Waals surface area contributed by atoms with E-state index < -0.39 is 0 Å². The van der Waals surface area contributed by atoms with Crippen LogP contribution in [0, 0.1) is 0 Å². The van der Waals surface area contributed by atoms with Gasteiger partial charge >= 0.3 is 0 Å². The number of aldehydes is 1. The molecule has 0 aromatic heterocycles. The number of benzene rings is 1. The summed E-state index contributed by atoms with van der Waals surface area (Å²) in [7, 11) is 0. The minimum Gasteiger partial charge on any atom is -0.508 e. The van der Waals surface area contributed by atoms with Crippen molar-refractivity contribution in [2.75, 3.05) is 0 Å². The lowest BCUT2D eigenvalue weighted by Crippen LogP contribution is -2.00. The SMILES string of the molecule is CCCCCCCCCCCC(C=O)c1ccc(O)cc1. The maximum absolute atomic E-state index is 11.2. The van der Waals surface area contributed by atoms with Crippen molar-refractivity contribution in [1.29, 1.82) is 0 Å². The van der Waals surface area contributed by atoms with Crippen molar-refractivity contribution in [2.24, 2.45) is 0 Å². The van der Waals surface area contributed by atoms with Crippen LogP contribution in [0.15, 0.2) is 24.3 Å². The summed E-state index contributed by atoms with van der Waals surface area (Å²) in [5.41, 5.74) is 1.02. The number of hydrogen-bond acceptors (Lipinski definition) is 2. The minimum atomic E-state index is -0.0184. The summed E-state index contributed by atoms with van der Waals surface area (Å²) in [6.07, 6.45) is 13.7. The van der Waals surface area contributed by atoms with E-state index in [0.29, 0.717) is 0 Å². The van der Waals surface area contributed by atoms with E-state index in [1.54, 1.807) is 12.1 Å². The molecule has 1 rings (SSSR count). The number of unbranched alkanes of at least 4 members (excludes halogenated alkanes) is 8. The molecular formula is C19H30O2. The number of phenols is 1. The molecule has 0 aliphatic heterocycles. The fourth-order valence-electron chi connectivity index (χ4n) is 2.71. The standard InChI is InChI=1S/C19H30O2/c1-2-3-4-5-6-7-8-9-10-11-18(16-20)17-12-14-19(21)15-13-17/h12-16,18,21H,2-11H2,1H3. The molecule has 0 aliphatic rings. The zero-order valence-electron chi connectivity index (χ0n) is 13.4. The van der Waals surface area contributed by atoms with Crippen LogP contribution in [0.3, 0.4) is 0 Å². The summed E-state index contributed by atoms with van der Waals surface area (Å²) in [5, 5.41) is 9.27. The van der Waals surface area contributed by atoms with Crippen LogP contribution < -0.4 is 0 Å². The van der Waals surface area contributed by atoms with Crippen LogP contribution in [-0.2, 0) is 4.79 Å². The lowest BCUT2D eigenvalue weighted by Gasteiger charge is -2.10. The minimum absolute atomic E-state index is 0.0184. The monoisotopic (exact) mass is 290 g/mol. The van der Waals surface area contributed by atoms with Gasteiger partial charge in [0, 0.05) is 5.92 Å².